The number of anilines is 1. The number of thiophene rings is 1. The van der Waals surface area contributed by atoms with E-state index in [1.54, 1.807) is 24.3 Å². The lowest BCUT2D eigenvalue weighted by Crippen LogP contribution is -2.10. The van der Waals surface area contributed by atoms with E-state index >= 15 is 0 Å². The van der Waals surface area contributed by atoms with E-state index in [1.165, 1.54) is 23.5 Å². The molecule has 2 heterocycles. The highest BCUT2D eigenvalue weighted by atomic mass is 32.1. The third kappa shape index (κ3) is 4.34. The maximum Gasteiger partial charge on any atom is 0.338 e. The van der Waals surface area contributed by atoms with E-state index < -0.39 is 11.9 Å². The lowest BCUT2D eigenvalue weighted by molar-refractivity contribution is -0.115. The Morgan fingerprint density at radius 3 is 2.77 bits per heavy atom. The quantitative estimate of drug-likeness (QED) is 0.667. The van der Waals surface area contributed by atoms with Crippen molar-refractivity contribution in [2.24, 2.45) is 0 Å². The molecule has 0 radical (unpaired) electrons. The number of aromatic nitrogens is 1. The number of nitriles is 1. The van der Waals surface area contributed by atoms with Gasteiger partial charge >= 0.3 is 5.97 Å². The van der Waals surface area contributed by atoms with Crippen LogP contribution < -0.4 is 5.32 Å². The van der Waals surface area contributed by atoms with Crippen LogP contribution in [0.2, 0.25) is 0 Å². The van der Waals surface area contributed by atoms with Gasteiger partial charge in [0.15, 0.2) is 5.76 Å². The molecule has 7 nitrogen and oxygen atoms in total. The molecule has 0 spiro atoms. The Kier molecular flexibility index (Phi) is 5.41. The van der Waals surface area contributed by atoms with Gasteiger partial charge in [0, 0.05) is 11.8 Å². The van der Waals surface area contributed by atoms with E-state index in [0.29, 0.717) is 22.7 Å². The van der Waals surface area contributed by atoms with E-state index in [0.717, 1.165) is 4.88 Å². The molecule has 0 saturated heterocycles. The van der Waals surface area contributed by atoms with E-state index in [1.807, 2.05) is 17.5 Å². The maximum absolute atomic E-state index is 12.1. The summed E-state index contributed by atoms with van der Waals surface area (Å²) in [5.41, 5.74) is 1.35. The molecule has 3 rings (SSSR count). The maximum atomic E-state index is 12.1. The summed E-state index contributed by atoms with van der Waals surface area (Å²) in [7, 11) is 0. The molecule has 0 atom stereocenters. The van der Waals surface area contributed by atoms with Gasteiger partial charge in [-0.3, -0.25) is 4.79 Å². The number of carbonyl (C=O) groups is 2. The van der Waals surface area contributed by atoms with Gasteiger partial charge in [-0.15, -0.1) is 11.3 Å². The van der Waals surface area contributed by atoms with Crippen LogP contribution in [0.15, 0.2) is 52.4 Å². The minimum Gasteiger partial charge on any atom is -0.455 e. The molecule has 1 N–H and O–H groups in total. The number of nitrogens with one attached hydrogen (secondary N) is 1. The lowest BCUT2D eigenvalue weighted by atomic mass is 10.2. The Balaban J connectivity index is 1.55. The van der Waals surface area contributed by atoms with Gasteiger partial charge in [-0.1, -0.05) is 11.2 Å². The number of hydrogen-bond acceptors (Lipinski definition) is 7. The summed E-state index contributed by atoms with van der Waals surface area (Å²) >= 11 is 1.53. The molecule has 1 aromatic carbocycles. The van der Waals surface area contributed by atoms with Gasteiger partial charge in [-0.05, 0) is 35.7 Å². The second kappa shape index (κ2) is 8.09. The second-order valence-electron chi connectivity index (χ2n) is 5.20. The number of nitrogens with zero attached hydrogens (tertiary/aromatic N) is 2. The smallest absolute Gasteiger partial charge is 0.338 e. The molecule has 0 fully saturated rings. The van der Waals surface area contributed by atoms with Crippen molar-refractivity contribution >= 4 is 28.9 Å². The topological polar surface area (TPSA) is 105 Å². The molecule has 2 aromatic heterocycles. The molecule has 0 aliphatic heterocycles. The van der Waals surface area contributed by atoms with Gasteiger partial charge in [0.2, 0.25) is 5.91 Å². The fraction of sp³-hybridized carbons (Fsp3) is 0.111. The number of benzene rings is 1. The summed E-state index contributed by atoms with van der Waals surface area (Å²) in [5, 5.41) is 16.8. The van der Waals surface area contributed by atoms with Crippen molar-refractivity contribution in [2.45, 2.75) is 13.0 Å². The van der Waals surface area contributed by atoms with Crippen molar-refractivity contribution < 1.29 is 18.8 Å². The number of esters is 1. The molecule has 0 unspecified atom stereocenters. The van der Waals surface area contributed by atoms with Crippen LogP contribution in [0.4, 0.5) is 5.69 Å². The van der Waals surface area contributed by atoms with Gasteiger partial charge in [0.1, 0.15) is 18.7 Å². The van der Waals surface area contributed by atoms with Crippen LogP contribution in [0, 0.1) is 11.3 Å². The van der Waals surface area contributed by atoms with Crippen molar-refractivity contribution in [1.82, 2.24) is 5.16 Å². The fourth-order valence-corrected chi connectivity index (χ4v) is 2.78. The largest absolute Gasteiger partial charge is 0.455 e. The summed E-state index contributed by atoms with van der Waals surface area (Å²) in [4.78, 5) is 24.4. The Labute approximate surface area is 152 Å². The highest BCUT2D eigenvalue weighted by Crippen LogP contribution is 2.25. The second-order valence-corrected chi connectivity index (χ2v) is 6.14. The molecular weight excluding hydrogens is 354 g/mol. The number of amides is 1. The molecule has 130 valence electrons. The number of carbonyl (C=O) groups excluding carboxylic acids is 2. The van der Waals surface area contributed by atoms with Gasteiger partial charge in [-0.25, -0.2) is 4.79 Å². The molecular formula is C18H13N3O4S. The third-order valence-corrected chi connectivity index (χ3v) is 4.20. The van der Waals surface area contributed by atoms with Crippen molar-refractivity contribution in [3.05, 3.63) is 59.1 Å². The average molecular weight is 367 g/mol. The van der Waals surface area contributed by atoms with Crippen molar-refractivity contribution in [2.75, 3.05) is 5.32 Å². The first-order valence-electron chi connectivity index (χ1n) is 7.59. The van der Waals surface area contributed by atoms with Crippen LogP contribution in [0.25, 0.3) is 10.6 Å². The van der Waals surface area contributed by atoms with Crippen molar-refractivity contribution in [3.8, 4) is 16.7 Å². The Hall–Kier alpha value is -3.44. The predicted octanol–water partition coefficient (Wildman–Crippen LogP) is 3.61. The summed E-state index contributed by atoms with van der Waals surface area (Å²) in [6.07, 6.45) is -0.227. The molecule has 26 heavy (non-hydrogen) atoms. The zero-order chi connectivity index (χ0) is 18.4. The zero-order valence-electron chi connectivity index (χ0n) is 13.5. The average Bonchev–Trinajstić information content (AvgIpc) is 3.32. The number of hydrogen-bond donors (Lipinski definition) is 1. The van der Waals surface area contributed by atoms with Crippen molar-refractivity contribution in [3.63, 3.8) is 0 Å². The van der Waals surface area contributed by atoms with E-state index in [2.05, 4.69) is 10.5 Å². The Morgan fingerprint density at radius 2 is 2.08 bits per heavy atom. The molecule has 8 heteroatoms. The van der Waals surface area contributed by atoms with Crippen LogP contribution >= 0.6 is 11.3 Å². The van der Waals surface area contributed by atoms with Crippen LogP contribution in [0.5, 0.6) is 0 Å². The van der Waals surface area contributed by atoms with Crippen LogP contribution in [0.3, 0.4) is 0 Å². The Morgan fingerprint density at radius 1 is 1.27 bits per heavy atom. The van der Waals surface area contributed by atoms with Gasteiger partial charge < -0.3 is 14.6 Å². The standard InChI is InChI=1S/C18H13N3O4S/c19-8-7-17(22)20-13-5-3-12(4-6-13)18(23)24-11-14-10-15(25-21-14)16-2-1-9-26-16/h1-6,9-10H,7,11H2,(H,20,22). The van der Waals surface area contributed by atoms with Crippen LogP contribution in [-0.2, 0) is 16.1 Å². The summed E-state index contributed by atoms with van der Waals surface area (Å²) in [6.45, 7) is -0.00559. The third-order valence-electron chi connectivity index (χ3n) is 3.32. The van der Waals surface area contributed by atoms with E-state index in [-0.39, 0.29) is 13.0 Å². The van der Waals surface area contributed by atoms with Gasteiger partial charge in [-0.2, -0.15) is 5.26 Å². The molecule has 0 aliphatic rings. The highest BCUT2D eigenvalue weighted by Gasteiger charge is 2.12. The normalized spacial score (nSPS) is 10.1. The summed E-state index contributed by atoms with van der Waals surface area (Å²) in [5.74, 6) is -0.292. The van der Waals surface area contributed by atoms with E-state index in [9.17, 15) is 9.59 Å². The summed E-state index contributed by atoms with van der Waals surface area (Å²) in [6, 6.07) is 13.5. The monoisotopic (exact) mass is 367 g/mol. The van der Waals surface area contributed by atoms with Gasteiger partial charge in [0.05, 0.1) is 16.5 Å². The first kappa shape index (κ1) is 17.4. The number of ether oxygens (including phenoxy) is 1. The highest BCUT2D eigenvalue weighted by molar-refractivity contribution is 7.13. The fourth-order valence-electron chi connectivity index (χ4n) is 2.10. The molecule has 0 bridgehead atoms. The minimum absolute atomic E-state index is 0.00559. The molecule has 0 aliphatic carbocycles. The van der Waals surface area contributed by atoms with Gasteiger partial charge in [0.25, 0.3) is 0 Å². The van der Waals surface area contributed by atoms with E-state index in [4.69, 9.17) is 14.5 Å². The molecule has 3 aromatic rings. The summed E-state index contributed by atoms with van der Waals surface area (Å²) < 4.78 is 10.4. The number of rotatable bonds is 6. The molecule has 0 saturated carbocycles. The van der Waals surface area contributed by atoms with Crippen LogP contribution in [-0.4, -0.2) is 17.0 Å². The molecule has 1 amide bonds. The van der Waals surface area contributed by atoms with Crippen molar-refractivity contribution in [1.29, 1.82) is 5.26 Å². The Bertz CT molecular complexity index is 940. The lowest BCUT2D eigenvalue weighted by Gasteiger charge is -2.05. The SMILES string of the molecule is N#CCC(=O)Nc1ccc(C(=O)OCc2cc(-c3cccs3)on2)cc1. The van der Waals surface area contributed by atoms with Crippen LogP contribution in [0.1, 0.15) is 22.5 Å². The minimum atomic E-state index is -0.513. The first-order valence-corrected chi connectivity index (χ1v) is 8.47. The zero-order valence-corrected chi connectivity index (χ0v) is 14.3. The predicted molar refractivity (Wildman–Crippen MR) is 94.2 cm³/mol. The first-order chi connectivity index (χ1) is 12.7.